The first-order valence-electron chi connectivity index (χ1n) is 5.47. The van der Waals surface area contributed by atoms with Crippen molar-refractivity contribution in [1.82, 2.24) is 0 Å². The highest BCUT2D eigenvalue weighted by Gasteiger charge is 2.49. The molecule has 0 heterocycles. The van der Waals surface area contributed by atoms with E-state index in [0.29, 0.717) is 0 Å². The molecule has 1 saturated carbocycles. The maximum atomic E-state index is 14.2. The van der Waals surface area contributed by atoms with Crippen LogP contribution in [-0.2, 0) is 18.4 Å². The van der Waals surface area contributed by atoms with Crippen LogP contribution in [0.2, 0.25) is 0 Å². The van der Waals surface area contributed by atoms with Gasteiger partial charge in [0.05, 0.1) is 0 Å². The van der Waals surface area contributed by atoms with Gasteiger partial charge in [-0.2, -0.15) is 0 Å². The van der Waals surface area contributed by atoms with E-state index in [9.17, 15) is 22.5 Å². The zero-order chi connectivity index (χ0) is 14.0. The zero-order valence-electron chi connectivity index (χ0n) is 10.2. The third-order valence-electron chi connectivity index (χ3n) is 3.17. The molecule has 0 aromatic carbocycles. The molecule has 0 N–H and O–H groups in total. The van der Waals surface area contributed by atoms with E-state index in [-0.39, 0.29) is 0 Å². The number of hydrogen-bond donors (Lipinski definition) is 0. The quantitative estimate of drug-likeness (QED) is 0.730. The lowest BCUT2D eigenvalue weighted by Crippen LogP contribution is -2.42. The lowest BCUT2D eigenvalue weighted by atomic mass is 9.82. The molecule has 0 saturated heterocycles. The normalized spacial score (nSPS) is 22.7. The molecule has 0 aliphatic heterocycles. The van der Waals surface area contributed by atoms with Crippen LogP contribution in [0.4, 0.5) is 13.2 Å². The van der Waals surface area contributed by atoms with Crippen molar-refractivity contribution in [3.63, 3.8) is 0 Å². The second-order valence-corrected chi connectivity index (χ2v) is 6.65. The SMILES string of the molecule is COP(=O)(CC(=O)C1(F)CCC(F)(F)CC1)OC. The van der Waals surface area contributed by atoms with Gasteiger partial charge in [-0.1, -0.05) is 0 Å². The van der Waals surface area contributed by atoms with Gasteiger partial charge in [-0.15, -0.1) is 0 Å². The molecule has 0 radical (unpaired) electrons. The van der Waals surface area contributed by atoms with Gasteiger partial charge >= 0.3 is 7.60 Å². The minimum atomic E-state index is -3.66. The summed E-state index contributed by atoms with van der Waals surface area (Å²) in [5.41, 5.74) is -2.35. The smallest absolute Gasteiger partial charge is 0.312 e. The molecule has 0 bridgehead atoms. The molecule has 1 fully saturated rings. The van der Waals surface area contributed by atoms with Gasteiger partial charge in [0.15, 0.2) is 11.5 Å². The van der Waals surface area contributed by atoms with Crippen molar-refractivity contribution in [2.24, 2.45) is 0 Å². The van der Waals surface area contributed by atoms with Crippen molar-refractivity contribution >= 4 is 13.4 Å². The molecule has 1 aliphatic rings. The summed E-state index contributed by atoms with van der Waals surface area (Å²) in [4.78, 5) is 11.7. The summed E-state index contributed by atoms with van der Waals surface area (Å²) < 4.78 is 60.8. The van der Waals surface area contributed by atoms with Crippen LogP contribution in [0.1, 0.15) is 25.7 Å². The molecule has 0 spiro atoms. The van der Waals surface area contributed by atoms with Gasteiger partial charge in [0.25, 0.3) is 0 Å². The van der Waals surface area contributed by atoms with Crippen molar-refractivity contribution in [1.29, 1.82) is 0 Å². The van der Waals surface area contributed by atoms with Crippen molar-refractivity contribution < 1.29 is 31.6 Å². The molecule has 1 aliphatic carbocycles. The summed E-state index contributed by atoms with van der Waals surface area (Å²) in [7, 11) is -1.49. The summed E-state index contributed by atoms with van der Waals surface area (Å²) in [6, 6.07) is 0. The maximum Gasteiger partial charge on any atom is 0.337 e. The number of ketones is 1. The molecule has 0 atom stereocenters. The number of rotatable bonds is 5. The lowest BCUT2D eigenvalue weighted by molar-refractivity contribution is -0.137. The molecule has 0 amide bonds. The highest BCUT2D eigenvalue weighted by atomic mass is 31.2. The standard InChI is InChI=1S/C10H16F3O4P/c1-16-18(15,17-2)7-8(14)9(11)3-5-10(12,13)6-4-9/h3-7H2,1-2H3. The van der Waals surface area contributed by atoms with Crippen LogP contribution >= 0.6 is 7.60 Å². The molecule has 4 nitrogen and oxygen atoms in total. The van der Waals surface area contributed by atoms with Gasteiger partial charge in [0, 0.05) is 27.1 Å². The van der Waals surface area contributed by atoms with Crippen LogP contribution in [0.5, 0.6) is 0 Å². The van der Waals surface area contributed by atoms with Crippen molar-refractivity contribution in [3.8, 4) is 0 Å². The highest BCUT2D eigenvalue weighted by molar-refractivity contribution is 7.54. The molecule has 0 aromatic rings. The van der Waals surface area contributed by atoms with E-state index < -0.39 is 56.8 Å². The average Bonchev–Trinajstić information content (AvgIpc) is 2.33. The second kappa shape index (κ2) is 5.31. The predicted octanol–water partition coefficient (Wildman–Crippen LogP) is 2.96. The summed E-state index contributed by atoms with van der Waals surface area (Å²) >= 11 is 0. The van der Waals surface area contributed by atoms with E-state index in [1.54, 1.807) is 0 Å². The summed E-state index contributed by atoms with van der Waals surface area (Å²) in [5.74, 6) is -3.92. The number of alkyl halides is 3. The van der Waals surface area contributed by atoms with Crippen LogP contribution in [-0.4, -0.2) is 37.8 Å². The molecule has 8 heteroatoms. The fourth-order valence-electron chi connectivity index (χ4n) is 1.81. The van der Waals surface area contributed by atoms with Gasteiger partial charge in [0.1, 0.15) is 6.16 Å². The van der Waals surface area contributed by atoms with Gasteiger partial charge in [-0.05, 0) is 12.8 Å². The Labute approximate surface area is 103 Å². The van der Waals surface area contributed by atoms with E-state index in [1.807, 2.05) is 0 Å². The summed E-state index contributed by atoms with van der Waals surface area (Å²) in [6.45, 7) is 0. The zero-order valence-corrected chi connectivity index (χ0v) is 11.1. The first-order valence-corrected chi connectivity index (χ1v) is 7.20. The molecule has 18 heavy (non-hydrogen) atoms. The van der Waals surface area contributed by atoms with Crippen LogP contribution < -0.4 is 0 Å². The third-order valence-corrected chi connectivity index (χ3v) is 4.95. The van der Waals surface area contributed by atoms with E-state index in [2.05, 4.69) is 9.05 Å². The topological polar surface area (TPSA) is 52.6 Å². The predicted molar refractivity (Wildman–Crippen MR) is 58.8 cm³/mol. The largest absolute Gasteiger partial charge is 0.337 e. The monoisotopic (exact) mass is 288 g/mol. The number of carbonyl (C=O) groups excluding carboxylic acids is 1. The Balaban J connectivity index is 2.70. The van der Waals surface area contributed by atoms with Crippen LogP contribution in [0.3, 0.4) is 0 Å². The van der Waals surface area contributed by atoms with Crippen molar-refractivity contribution in [3.05, 3.63) is 0 Å². The van der Waals surface area contributed by atoms with Crippen LogP contribution in [0, 0.1) is 0 Å². The maximum absolute atomic E-state index is 14.2. The molecule has 0 aromatic heterocycles. The summed E-state index contributed by atoms with van der Waals surface area (Å²) in [6.07, 6.45) is -3.22. The molecule has 0 unspecified atom stereocenters. The van der Waals surface area contributed by atoms with Crippen LogP contribution in [0.25, 0.3) is 0 Å². The van der Waals surface area contributed by atoms with E-state index in [1.165, 1.54) is 0 Å². The Morgan fingerprint density at radius 2 is 1.56 bits per heavy atom. The first-order chi connectivity index (χ1) is 8.16. The van der Waals surface area contributed by atoms with Gasteiger partial charge < -0.3 is 9.05 Å². The van der Waals surface area contributed by atoms with Crippen molar-refractivity contribution in [2.45, 2.75) is 37.3 Å². The summed E-state index contributed by atoms with van der Waals surface area (Å²) in [5, 5.41) is 0. The van der Waals surface area contributed by atoms with E-state index in [0.717, 1.165) is 14.2 Å². The van der Waals surface area contributed by atoms with Gasteiger partial charge in [-0.3, -0.25) is 9.36 Å². The Morgan fingerprint density at radius 3 is 1.94 bits per heavy atom. The fraction of sp³-hybridized carbons (Fsp3) is 0.900. The Morgan fingerprint density at radius 1 is 1.11 bits per heavy atom. The second-order valence-electron chi connectivity index (χ2n) is 4.38. The molecule has 106 valence electrons. The molecular weight excluding hydrogens is 272 g/mol. The number of carbonyl (C=O) groups is 1. The Hall–Kier alpha value is -0.390. The van der Waals surface area contributed by atoms with Gasteiger partial charge in [0.2, 0.25) is 5.92 Å². The molecular formula is C10H16F3O4P. The van der Waals surface area contributed by atoms with E-state index in [4.69, 9.17) is 0 Å². The molecule has 1 rings (SSSR count). The Bertz CT molecular complexity index is 354. The third kappa shape index (κ3) is 3.56. The Kier molecular flexibility index (Phi) is 4.62. The van der Waals surface area contributed by atoms with Crippen molar-refractivity contribution in [2.75, 3.05) is 20.4 Å². The fourth-order valence-corrected chi connectivity index (χ4v) is 2.85. The minimum Gasteiger partial charge on any atom is -0.312 e. The average molecular weight is 288 g/mol. The van der Waals surface area contributed by atoms with Gasteiger partial charge in [-0.25, -0.2) is 13.2 Å². The minimum absolute atomic E-state index is 0.563. The number of halogens is 3. The number of hydrogen-bond acceptors (Lipinski definition) is 4. The van der Waals surface area contributed by atoms with Crippen LogP contribution in [0.15, 0.2) is 0 Å². The highest BCUT2D eigenvalue weighted by Crippen LogP contribution is 2.49. The number of Topliss-reactive ketones (excluding diaryl/α,β-unsaturated/α-hetero) is 1. The first kappa shape index (κ1) is 15.7. The van der Waals surface area contributed by atoms with E-state index >= 15 is 0 Å². The lowest BCUT2D eigenvalue weighted by Gasteiger charge is -2.33.